The summed E-state index contributed by atoms with van der Waals surface area (Å²) in [5.74, 6) is 1.52. The van der Waals surface area contributed by atoms with Gasteiger partial charge in [0.2, 0.25) is 0 Å². The maximum Gasteiger partial charge on any atom is 0.133 e. The second kappa shape index (κ2) is 7.57. The standard InChI is InChI=1S/C22H23Cl2N3/c1-14(2)16-7-3-4-9-20(16)27-22-17(8-5-6-12-25-22)21(26-27)15-10-11-18(23)19(24)13-15/h3-4,7,9-11,13-14,25H,5-6,8,12H2,1-2H3. The van der Waals surface area contributed by atoms with E-state index in [9.17, 15) is 0 Å². The second-order valence-corrected chi connectivity index (χ2v) is 8.13. The van der Waals surface area contributed by atoms with Gasteiger partial charge in [0.05, 0.1) is 21.4 Å². The van der Waals surface area contributed by atoms with Gasteiger partial charge in [-0.15, -0.1) is 0 Å². The van der Waals surface area contributed by atoms with Gasteiger partial charge in [0, 0.05) is 17.7 Å². The lowest BCUT2D eigenvalue weighted by Gasteiger charge is -2.15. The Morgan fingerprint density at radius 3 is 2.63 bits per heavy atom. The molecule has 0 saturated carbocycles. The minimum atomic E-state index is 0.417. The van der Waals surface area contributed by atoms with Crippen molar-refractivity contribution in [1.29, 1.82) is 0 Å². The van der Waals surface area contributed by atoms with Crippen LogP contribution in [0.1, 0.15) is 43.7 Å². The quantitative estimate of drug-likeness (QED) is 0.529. The van der Waals surface area contributed by atoms with Crippen molar-refractivity contribution in [3.8, 4) is 16.9 Å². The highest BCUT2D eigenvalue weighted by molar-refractivity contribution is 6.42. The number of nitrogens with zero attached hydrogens (tertiary/aromatic N) is 2. The molecule has 0 unspecified atom stereocenters. The monoisotopic (exact) mass is 399 g/mol. The van der Waals surface area contributed by atoms with Gasteiger partial charge in [0.25, 0.3) is 0 Å². The lowest BCUT2D eigenvalue weighted by Crippen LogP contribution is -2.09. The number of hydrogen-bond acceptors (Lipinski definition) is 2. The molecule has 4 rings (SSSR count). The zero-order valence-electron chi connectivity index (χ0n) is 15.6. The lowest BCUT2D eigenvalue weighted by molar-refractivity contribution is 0.776. The van der Waals surface area contributed by atoms with Gasteiger partial charge in [-0.3, -0.25) is 0 Å². The van der Waals surface area contributed by atoms with Crippen LogP contribution in [0.15, 0.2) is 42.5 Å². The third-order valence-corrected chi connectivity index (χ3v) is 5.85. The van der Waals surface area contributed by atoms with Crippen LogP contribution >= 0.6 is 23.2 Å². The van der Waals surface area contributed by atoms with Crippen molar-refractivity contribution in [3.05, 3.63) is 63.6 Å². The van der Waals surface area contributed by atoms with Crippen molar-refractivity contribution in [1.82, 2.24) is 9.78 Å². The predicted molar refractivity (Wildman–Crippen MR) is 115 cm³/mol. The van der Waals surface area contributed by atoms with Crippen LogP contribution in [0.25, 0.3) is 16.9 Å². The van der Waals surface area contributed by atoms with Gasteiger partial charge in [-0.2, -0.15) is 5.10 Å². The molecule has 0 spiro atoms. The molecule has 1 aromatic heterocycles. The first-order valence-corrected chi connectivity index (χ1v) is 10.2. The summed E-state index contributed by atoms with van der Waals surface area (Å²) in [6.07, 6.45) is 3.30. The van der Waals surface area contributed by atoms with Crippen molar-refractivity contribution in [3.63, 3.8) is 0 Å². The number of rotatable bonds is 3. The van der Waals surface area contributed by atoms with Gasteiger partial charge in [0.1, 0.15) is 5.82 Å². The number of nitrogens with one attached hydrogen (secondary N) is 1. The Labute approximate surface area is 170 Å². The smallest absolute Gasteiger partial charge is 0.133 e. The molecule has 0 atom stereocenters. The van der Waals surface area contributed by atoms with E-state index < -0.39 is 0 Å². The first-order valence-electron chi connectivity index (χ1n) is 9.46. The van der Waals surface area contributed by atoms with E-state index in [0.29, 0.717) is 16.0 Å². The highest BCUT2D eigenvalue weighted by atomic mass is 35.5. The molecule has 0 amide bonds. The summed E-state index contributed by atoms with van der Waals surface area (Å²) >= 11 is 12.4. The molecule has 1 N–H and O–H groups in total. The van der Waals surface area contributed by atoms with Crippen LogP contribution in [-0.4, -0.2) is 16.3 Å². The zero-order chi connectivity index (χ0) is 19.0. The molecule has 3 nitrogen and oxygen atoms in total. The highest BCUT2D eigenvalue weighted by Crippen LogP contribution is 2.37. The van der Waals surface area contributed by atoms with Gasteiger partial charge in [0.15, 0.2) is 0 Å². The summed E-state index contributed by atoms with van der Waals surface area (Å²) in [6.45, 7) is 5.39. The molecular formula is C22H23Cl2N3. The Bertz CT molecular complexity index is 976. The number of aromatic nitrogens is 2. The number of halogens is 2. The molecule has 0 fully saturated rings. The summed E-state index contributed by atoms with van der Waals surface area (Å²) < 4.78 is 2.08. The summed E-state index contributed by atoms with van der Waals surface area (Å²) in [4.78, 5) is 0. The van der Waals surface area contributed by atoms with E-state index in [0.717, 1.165) is 48.6 Å². The molecule has 0 aliphatic carbocycles. The third-order valence-electron chi connectivity index (χ3n) is 5.11. The zero-order valence-corrected chi connectivity index (χ0v) is 17.1. The van der Waals surface area contributed by atoms with Gasteiger partial charge >= 0.3 is 0 Å². The number of fused-ring (bicyclic) bond motifs is 1. The highest BCUT2D eigenvalue weighted by Gasteiger charge is 2.23. The molecular weight excluding hydrogens is 377 g/mol. The maximum atomic E-state index is 6.29. The van der Waals surface area contributed by atoms with Crippen LogP contribution in [0.4, 0.5) is 5.82 Å². The van der Waals surface area contributed by atoms with E-state index in [1.54, 1.807) is 0 Å². The molecule has 0 saturated heterocycles. The van der Waals surface area contributed by atoms with Crippen molar-refractivity contribution < 1.29 is 0 Å². The second-order valence-electron chi connectivity index (χ2n) is 7.31. The minimum absolute atomic E-state index is 0.417. The van der Waals surface area contributed by atoms with Crippen LogP contribution in [0.5, 0.6) is 0 Å². The fourth-order valence-corrected chi connectivity index (χ4v) is 4.02. The SMILES string of the molecule is CC(C)c1ccccc1-n1nc(-c2ccc(Cl)c(Cl)c2)c2c1NCCCC2. The van der Waals surface area contributed by atoms with Crippen LogP contribution in [0.2, 0.25) is 10.0 Å². The molecule has 0 bridgehead atoms. The average molecular weight is 400 g/mol. The molecule has 2 heterocycles. The summed E-state index contributed by atoms with van der Waals surface area (Å²) in [7, 11) is 0. The van der Waals surface area contributed by atoms with Gasteiger partial charge in [-0.25, -0.2) is 4.68 Å². The van der Waals surface area contributed by atoms with E-state index in [2.05, 4.69) is 48.1 Å². The minimum Gasteiger partial charge on any atom is -0.370 e. The normalized spacial score (nSPS) is 14.0. The molecule has 1 aliphatic heterocycles. The van der Waals surface area contributed by atoms with Crippen LogP contribution in [-0.2, 0) is 6.42 Å². The molecule has 1 aliphatic rings. The molecule has 5 heteroatoms. The number of para-hydroxylation sites is 1. The Balaban J connectivity index is 1.94. The molecule has 2 aromatic carbocycles. The number of hydrogen-bond donors (Lipinski definition) is 1. The Morgan fingerprint density at radius 2 is 1.85 bits per heavy atom. The maximum absolute atomic E-state index is 6.29. The first-order chi connectivity index (χ1) is 13.1. The van der Waals surface area contributed by atoms with Gasteiger partial charge in [-0.05, 0) is 48.9 Å². The van der Waals surface area contributed by atoms with E-state index in [-0.39, 0.29) is 0 Å². The van der Waals surface area contributed by atoms with E-state index in [4.69, 9.17) is 28.3 Å². The fraction of sp³-hybridized carbons (Fsp3) is 0.318. The number of benzene rings is 2. The lowest BCUT2D eigenvalue weighted by atomic mass is 10.0. The van der Waals surface area contributed by atoms with Crippen LogP contribution in [0, 0.1) is 0 Å². The van der Waals surface area contributed by atoms with E-state index in [1.807, 2.05) is 18.2 Å². The first kappa shape index (κ1) is 18.4. The van der Waals surface area contributed by atoms with Gasteiger partial charge < -0.3 is 5.32 Å². The Morgan fingerprint density at radius 1 is 1.04 bits per heavy atom. The topological polar surface area (TPSA) is 29.9 Å². The Kier molecular flexibility index (Phi) is 5.16. The predicted octanol–water partition coefficient (Wildman–Crippen LogP) is 6.72. The van der Waals surface area contributed by atoms with Crippen molar-refractivity contribution in [2.75, 3.05) is 11.9 Å². The van der Waals surface area contributed by atoms with Crippen molar-refractivity contribution in [2.24, 2.45) is 0 Å². The molecule has 3 aromatic rings. The van der Waals surface area contributed by atoms with E-state index >= 15 is 0 Å². The molecule has 27 heavy (non-hydrogen) atoms. The Hall–Kier alpha value is -1.97. The summed E-state index contributed by atoms with van der Waals surface area (Å²) in [6, 6.07) is 14.3. The molecule has 0 radical (unpaired) electrons. The average Bonchev–Trinajstić information content (AvgIpc) is 2.85. The van der Waals surface area contributed by atoms with Gasteiger partial charge in [-0.1, -0.05) is 61.3 Å². The van der Waals surface area contributed by atoms with Crippen molar-refractivity contribution in [2.45, 2.75) is 39.0 Å². The van der Waals surface area contributed by atoms with Crippen LogP contribution in [0.3, 0.4) is 0 Å². The van der Waals surface area contributed by atoms with Crippen LogP contribution < -0.4 is 5.32 Å². The van der Waals surface area contributed by atoms with Crippen molar-refractivity contribution >= 4 is 29.0 Å². The fourth-order valence-electron chi connectivity index (χ4n) is 3.72. The van der Waals surface area contributed by atoms with E-state index in [1.165, 1.54) is 11.1 Å². The summed E-state index contributed by atoms with van der Waals surface area (Å²) in [5.41, 5.74) is 5.66. The number of anilines is 1. The molecule has 140 valence electrons. The summed E-state index contributed by atoms with van der Waals surface area (Å²) in [5, 5.41) is 9.78. The third kappa shape index (κ3) is 3.46. The largest absolute Gasteiger partial charge is 0.370 e.